The van der Waals surface area contributed by atoms with Crippen molar-refractivity contribution in [3.8, 4) is 33.6 Å². The van der Waals surface area contributed by atoms with E-state index in [-0.39, 0.29) is 0 Å². The molecule has 8 aromatic carbocycles. The van der Waals surface area contributed by atoms with Crippen molar-refractivity contribution in [3.05, 3.63) is 188 Å². The molecule has 0 unspecified atom stereocenters. The van der Waals surface area contributed by atoms with E-state index in [1.54, 1.807) is 0 Å². The van der Waals surface area contributed by atoms with Crippen molar-refractivity contribution in [1.82, 2.24) is 0 Å². The first kappa shape index (κ1) is 28.8. The number of nitrogens with zero attached hydrogens (tertiary/aromatic N) is 1. The van der Waals surface area contributed by atoms with E-state index in [1.165, 1.54) is 49.4 Å². The monoisotopic (exact) mass is 627 g/mol. The summed E-state index contributed by atoms with van der Waals surface area (Å²) in [6.45, 7) is 2.14. The summed E-state index contributed by atoms with van der Waals surface area (Å²) in [5.74, 6) is 0.932. The number of hydrogen-bond donors (Lipinski definition) is 0. The normalized spacial score (nSPS) is 11.4. The molecule has 9 rings (SSSR count). The molecule has 0 saturated carbocycles. The van der Waals surface area contributed by atoms with Gasteiger partial charge in [-0.2, -0.15) is 0 Å². The fraction of sp³-hybridized carbons (Fsp3) is 0.0213. The molecule has 1 heterocycles. The molecule has 0 aliphatic rings. The zero-order valence-electron chi connectivity index (χ0n) is 27.2. The summed E-state index contributed by atoms with van der Waals surface area (Å²) >= 11 is 0. The topological polar surface area (TPSA) is 16.4 Å². The number of aryl methyl sites for hydroxylation is 1. The van der Waals surface area contributed by atoms with Crippen molar-refractivity contribution in [2.75, 3.05) is 4.90 Å². The number of hydrogen-bond acceptors (Lipinski definition) is 2. The predicted molar refractivity (Wildman–Crippen MR) is 207 cm³/mol. The number of benzene rings is 8. The second-order valence-electron chi connectivity index (χ2n) is 12.6. The molecule has 2 nitrogen and oxygen atoms in total. The van der Waals surface area contributed by atoms with Gasteiger partial charge in [-0.15, -0.1) is 0 Å². The fourth-order valence-corrected chi connectivity index (χ4v) is 7.11. The molecule has 0 aliphatic heterocycles. The van der Waals surface area contributed by atoms with Crippen LogP contribution in [0.5, 0.6) is 0 Å². The lowest BCUT2D eigenvalue weighted by Gasteiger charge is -2.26. The fourth-order valence-electron chi connectivity index (χ4n) is 7.11. The van der Waals surface area contributed by atoms with Crippen molar-refractivity contribution in [1.29, 1.82) is 0 Å². The van der Waals surface area contributed by atoms with Crippen LogP contribution in [0.1, 0.15) is 5.56 Å². The van der Waals surface area contributed by atoms with Gasteiger partial charge in [-0.25, -0.2) is 0 Å². The standard InChI is InChI=1S/C47H33NO/c1-32-43-15-7-8-17-46(43)49-47(32)39-12-9-11-37(30-39)35-20-18-33(19-21-35)34-24-26-41(27-25-34)48(40-13-3-2-4-14-40)42-28-29-45-38(31-42)23-22-36-10-5-6-16-44(36)45/h2-31H,1H3. The highest BCUT2D eigenvalue weighted by Crippen LogP contribution is 2.39. The maximum absolute atomic E-state index is 6.27. The van der Waals surface area contributed by atoms with E-state index in [1.807, 2.05) is 12.1 Å². The van der Waals surface area contributed by atoms with Gasteiger partial charge in [0.2, 0.25) is 0 Å². The van der Waals surface area contributed by atoms with Gasteiger partial charge in [0.1, 0.15) is 11.3 Å². The Labute approximate surface area is 286 Å². The Morgan fingerprint density at radius 2 is 0.939 bits per heavy atom. The van der Waals surface area contributed by atoms with Crippen molar-refractivity contribution in [2.45, 2.75) is 6.92 Å². The molecular formula is C47H33NO. The molecule has 9 aromatic rings. The highest BCUT2D eigenvalue weighted by molar-refractivity contribution is 6.08. The summed E-state index contributed by atoms with van der Waals surface area (Å²) in [5.41, 5.74) is 11.3. The van der Waals surface area contributed by atoms with E-state index in [9.17, 15) is 0 Å². The zero-order chi connectivity index (χ0) is 32.7. The van der Waals surface area contributed by atoms with E-state index >= 15 is 0 Å². The third-order valence-corrected chi connectivity index (χ3v) is 9.65. The smallest absolute Gasteiger partial charge is 0.138 e. The molecule has 0 saturated heterocycles. The molecule has 0 spiro atoms. The average molecular weight is 628 g/mol. The molecule has 1 aromatic heterocycles. The first-order chi connectivity index (χ1) is 24.2. The summed E-state index contributed by atoms with van der Waals surface area (Å²) in [7, 11) is 0. The van der Waals surface area contributed by atoms with Crippen LogP contribution in [-0.4, -0.2) is 0 Å². The summed E-state index contributed by atoms with van der Waals surface area (Å²) in [6.07, 6.45) is 0. The minimum Gasteiger partial charge on any atom is -0.456 e. The van der Waals surface area contributed by atoms with Gasteiger partial charge < -0.3 is 9.32 Å². The maximum atomic E-state index is 6.27. The van der Waals surface area contributed by atoms with Crippen LogP contribution in [0.25, 0.3) is 66.1 Å². The van der Waals surface area contributed by atoms with Gasteiger partial charge in [-0.1, -0.05) is 133 Å². The highest BCUT2D eigenvalue weighted by Gasteiger charge is 2.15. The van der Waals surface area contributed by atoms with Crippen LogP contribution in [0.3, 0.4) is 0 Å². The number of rotatable bonds is 6. The molecular weight excluding hydrogens is 595 g/mol. The van der Waals surface area contributed by atoms with Crippen LogP contribution in [0, 0.1) is 6.92 Å². The summed E-state index contributed by atoms with van der Waals surface area (Å²) < 4.78 is 6.27. The Bertz CT molecular complexity index is 2600. The van der Waals surface area contributed by atoms with Gasteiger partial charge in [-0.3, -0.25) is 0 Å². The van der Waals surface area contributed by atoms with Gasteiger partial charge in [0.15, 0.2) is 0 Å². The second-order valence-corrected chi connectivity index (χ2v) is 12.6. The van der Waals surface area contributed by atoms with Crippen LogP contribution in [0.4, 0.5) is 17.1 Å². The van der Waals surface area contributed by atoms with Crippen LogP contribution < -0.4 is 4.90 Å². The molecule has 2 heteroatoms. The number of para-hydroxylation sites is 2. The number of anilines is 3. The van der Waals surface area contributed by atoms with E-state index in [4.69, 9.17) is 4.42 Å². The predicted octanol–water partition coefficient (Wildman–Crippen LogP) is 13.5. The molecule has 0 bridgehead atoms. The Kier molecular flexibility index (Phi) is 7.06. The Balaban J connectivity index is 1.02. The zero-order valence-corrected chi connectivity index (χ0v) is 27.2. The number of fused-ring (bicyclic) bond motifs is 4. The van der Waals surface area contributed by atoms with E-state index in [0.717, 1.165) is 39.4 Å². The largest absolute Gasteiger partial charge is 0.456 e. The molecule has 0 atom stereocenters. The van der Waals surface area contributed by atoms with Gasteiger partial charge >= 0.3 is 0 Å². The maximum Gasteiger partial charge on any atom is 0.138 e. The van der Waals surface area contributed by atoms with Crippen LogP contribution >= 0.6 is 0 Å². The number of furan rings is 1. The average Bonchev–Trinajstić information content (AvgIpc) is 3.51. The van der Waals surface area contributed by atoms with Crippen molar-refractivity contribution >= 4 is 49.6 Å². The van der Waals surface area contributed by atoms with Gasteiger partial charge in [0.05, 0.1) is 0 Å². The lowest BCUT2D eigenvalue weighted by molar-refractivity contribution is 0.629. The summed E-state index contributed by atoms with van der Waals surface area (Å²) in [4.78, 5) is 2.33. The molecule has 0 aliphatic carbocycles. The SMILES string of the molecule is Cc1c(-c2cccc(-c3ccc(-c4ccc(N(c5ccccc5)c5ccc6c(ccc7ccccc76)c5)cc4)cc3)c2)oc2ccccc12. The Hall–Kier alpha value is -6.38. The van der Waals surface area contributed by atoms with Crippen LogP contribution in [-0.2, 0) is 0 Å². The van der Waals surface area contributed by atoms with Gasteiger partial charge in [0, 0.05) is 33.6 Å². The van der Waals surface area contributed by atoms with Gasteiger partial charge in [0.25, 0.3) is 0 Å². The Morgan fingerprint density at radius 3 is 1.71 bits per heavy atom. The van der Waals surface area contributed by atoms with Crippen molar-refractivity contribution in [2.24, 2.45) is 0 Å². The first-order valence-corrected chi connectivity index (χ1v) is 16.8. The van der Waals surface area contributed by atoms with Crippen LogP contribution in [0.15, 0.2) is 186 Å². The van der Waals surface area contributed by atoms with Crippen molar-refractivity contribution in [3.63, 3.8) is 0 Å². The lowest BCUT2D eigenvalue weighted by atomic mass is 9.97. The lowest BCUT2D eigenvalue weighted by Crippen LogP contribution is -2.09. The molecule has 0 amide bonds. The molecule has 49 heavy (non-hydrogen) atoms. The van der Waals surface area contributed by atoms with E-state index < -0.39 is 0 Å². The molecule has 232 valence electrons. The molecule has 0 N–H and O–H groups in total. The minimum absolute atomic E-state index is 0.925. The third kappa shape index (κ3) is 5.24. The first-order valence-electron chi connectivity index (χ1n) is 16.8. The summed E-state index contributed by atoms with van der Waals surface area (Å²) in [5, 5.41) is 6.20. The quantitative estimate of drug-likeness (QED) is 0.171. The van der Waals surface area contributed by atoms with Gasteiger partial charge in [-0.05, 0) is 99.3 Å². The molecule has 0 fully saturated rings. The highest BCUT2D eigenvalue weighted by atomic mass is 16.3. The van der Waals surface area contributed by atoms with Crippen molar-refractivity contribution < 1.29 is 4.42 Å². The second kappa shape index (κ2) is 12.0. The van der Waals surface area contributed by atoms with E-state index in [2.05, 4.69) is 182 Å². The third-order valence-electron chi connectivity index (χ3n) is 9.65. The molecule has 0 radical (unpaired) electrons. The van der Waals surface area contributed by atoms with Crippen LogP contribution in [0.2, 0.25) is 0 Å². The Morgan fingerprint density at radius 1 is 0.367 bits per heavy atom. The van der Waals surface area contributed by atoms with E-state index in [0.29, 0.717) is 0 Å². The minimum atomic E-state index is 0.925. The summed E-state index contributed by atoms with van der Waals surface area (Å²) in [6, 6.07) is 65.0.